The summed E-state index contributed by atoms with van der Waals surface area (Å²) in [6, 6.07) is 18.1. The first-order valence-electron chi connectivity index (χ1n) is 9.64. The maximum Gasteiger partial charge on any atom is 0.266 e. The molecule has 0 radical (unpaired) electrons. The highest BCUT2D eigenvalue weighted by Crippen LogP contribution is 2.30. The summed E-state index contributed by atoms with van der Waals surface area (Å²) in [6.07, 6.45) is 1.45. The molecule has 0 heterocycles. The molecule has 3 aromatic rings. The molecule has 7 heteroatoms. The third-order valence-electron chi connectivity index (χ3n) is 4.58. The van der Waals surface area contributed by atoms with E-state index in [0.29, 0.717) is 33.3 Å². The molecular weight excluding hydrogens is 431 g/mol. The lowest BCUT2D eigenvalue weighted by Crippen LogP contribution is -2.13. The minimum atomic E-state index is -0.558. The zero-order valence-electron chi connectivity index (χ0n) is 17.5. The van der Waals surface area contributed by atoms with E-state index in [1.54, 1.807) is 48.5 Å². The van der Waals surface area contributed by atoms with Crippen molar-refractivity contribution in [2.24, 2.45) is 0 Å². The van der Waals surface area contributed by atoms with Gasteiger partial charge in [-0.25, -0.2) is 4.39 Å². The Morgan fingerprint density at radius 2 is 1.97 bits per heavy atom. The highest BCUT2D eigenvalue weighted by Gasteiger charge is 2.12. The Balaban J connectivity index is 1.76. The molecular formula is C25H20ClFN2O3. The van der Waals surface area contributed by atoms with E-state index in [0.717, 1.165) is 5.56 Å². The number of nitrogens with zero attached hydrogens (tertiary/aromatic N) is 1. The monoisotopic (exact) mass is 450 g/mol. The van der Waals surface area contributed by atoms with Gasteiger partial charge in [0.2, 0.25) is 0 Å². The molecule has 0 unspecified atom stereocenters. The van der Waals surface area contributed by atoms with Crippen molar-refractivity contribution in [2.45, 2.75) is 13.5 Å². The number of methoxy groups -OCH3 is 1. The van der Waals surface area contributed by atoms with Gasteiger partial charge >= 0.3 is 0 Å². The maximum atomic E-state index is 13.3. The van der Waals surface area contributed by atoms with Gasteiger partial charge in [-0.15, -0.1) is 0 Å². The highest BCUT2D eigenvalue weighted by atomic mass is 35.5. The summed E-state index contributed by atoms with van der Waals surface area (Å²) in [7, 11) is 1.48. The predicted octanol–water partition coefficient (Wildman–Crippen LogP) is 5.92. The van der Waals surface area contributed by atoms with Crippen molar-refractivity contribution >= 4 is 29.3 Å². The Morgan fingerprint density at radius 1 is 1.16 bits per heavy atom. The van der Waals surface area contributed by atoms with Gasteiger partial charge in [0, 0.05) is 10.7 Å². The highest BCUT2D eigenvalue weighted by molar-refractivity contribution is 6.31. The number of benzene rings is 3. The van der Waals surface area contributed by atoms with Crippen LogP contribution in [0.25, 0.3) is 6.08 Å². The Hall–Kier alpha value is -3.82. The summed E-state index contributed by atoms with van der Waals surface area (Å²) < 4.78 is 24.4. The van der Waals surface area contributed by atoms with Crippen molar-refractivity contribution in [3.63, 3.8) is 0 Å². The number of halogens is 2. The van der Waals surface area contributed by atoms with Crippen molar-refractivity contribution < 1.29 is 18.7 Å². The lowest BCUT2D eigenvalue weighted by Gasteiger charge is -2.12. The zero-order valence-corrected chi connectivity index (χ0v) is 18.2. The van der Waals surface area contributed by atoms with E-state index in [-0.39, 0.29) is 18.0 Å². The third-order valence-corrected chi connectivity index (χ3v) is 4.98. The quantitative estimate of drug-likeness (QED) is 0.358. The molecule has 3 rings (SSSR count). The largest absolute Gasteiger partial charge is 0.493 e. The van der Waals surface area contributed by atoms with Crippen molar-refractivity contribution in [2.75, 3.05) is 12.4 Å². The molecule has 0 aromatic heterocycles. The van der Waals surface area contributed by atoms with Gasteiger partial charge in [-0.2, -0.15) is 5.26 Å². The molecule has 0 atom stereocenters. The summed E-state index contributed by atoms with van der Waals surface area (Å²) >= 11 is 6.09. The molecule has 3 aromatic carbocycles. The second-order valence-corrected chi connectivity index (χ2v) is 7.32. The maximum absolute atomic E-state index is 13.3. The summed E-state index contributed by atoms with van der Waals surface area (Å²) in [5, 5.41) is 12.6. The van der Waals surface area contributed by atoms with Crippen LogP contribution in [0.4, 0.5) is 10.1 Å². The van der Waals surface area contributed by atoms with Crippen LogP contribution in [0.3, 0.4) is 0 Å². The van der Waals surface area contributed by atoms with E-state index in [4.69, 9.17) is 21.1 Å². The van der Waals surface area contributed by atoms with E-state index in [1.165, 1.54) is 25.3 Å². The van der Waals surface area contributed by atoms with Gasteiger partial charge in [-0.1, -0.05) is 35.9 Å². The second kappa shape index (κ2) is 10.5. The number of amides is 1. The van der Waals surface area contributed by atoms with Gasteiger partial charge < -0.3 is 14.8 Å². The van der Waals surface area contributed by atoms with Crippen molar-refractivity contribution in [3.05, 3.63) is 93.8 Å². The number of hydrogen-bond donors (Lipinski definition) is 1. The Labute approximate surface area is 190 Å². The second-order valence-electron chi connectivity index (χ2n) is 6.92. The van der Waals surface area contributed by atoms with Crippen LogP contribution in [0.2, 0.25) is 5.02 Å². The van der Waals surface area contributed by atoms with Crippen LogP contribution >= 0.6 is 11.6 Å². The molecule has 0 aliphatic carbocycles. The molecule has 1 N–H and O–H groups in total. The molecule has 0 aliphatic rings. The van der Waals surface area contributed by atoms with E-state index in [2.05, 4.69) is 5.32 Å². The summed E-state index contributed by atoms with van der Waals surface area (Å²) in [5.41, 5.74) is 2.54. The number of carbonyl (C=O) groups is 1. The number of nitrogens with one attached hydrogen (secondary N) is 1. The number of nitriles is 1. The first-order chi connectivity index (χ1) is 15.4. The van der Waals surface area contributed by atoms with Crippen LogP contribution in [0.15, 0.2) is 66.2 Å². The fourth-order valence-electron chi connectivity index (χ4n) is 2.87. The smallest absolute Gasteiger partial charge is 0.266 e. The molecule has 0 bridgehead atoms. The average Bonchev–Trinajstić information content (AvgIpc) is 2.78. The van der Waals surface area contributed by atoms with Crippen LogP contribution in [0.5, 0.6) is 11.5 Å². The van der Waals surface area contributed by atoms with E-state index < -0.39 is 5.91 Å². The van der Waals surface area contributed by atoms with Crippen molar-refractivity contribution in [3.8, 4) is 17.6 Å². The van der Waals surface area contributed by atoms with Gasteiger partial charge in [0.25, 0.3) is 5.91 Å². The Kier molecular flexibility index (Phi) is 7.48. The van der Waals surface area contributed by atoms with Crippen LogP contribution in [0, 0.1) is 24.1 Å². The zero-order chi connectivity index (χ0) is 23.1. The predicted molar refractivity (Wildman–Crippen MR) is 122 cm³/mol. The number of ether oxygens (including phenoxy) is 2. The SMILES string of the molecule is COc1cc(/C=C(\C#N)C(=O)Nc2ccc(C)c(Cl)c2)ccc1OCc1cccc(F)c1. The first kappa shape index (κ1) is 22.9. The molecule has 0 spiro atoms. The number of hydrogen-bond acceptors (Lipinski definition) is 4. The van der Waals surface area contributed by atoms with Gasteiger partial charge in [0.15, 0.2) is 11.5 Å². The summed E-state index contributed by atoms with van der Waals surface area (Å²) in [5.74, 6) is -0.0316. The van der Waals surface area contributed by atoms with Gasteiger partial charge in [-0.3, -0.25) is 4.79 Å². The molecule has 1 amide bonds. The van der Waals surface area contributed by atoms with E-state index in [1.807, 2.05) is 13.0 Å². The normalized spacial score (nSPS) is 10.9. The molecule has 0 saturated heterocycles. The fourth-order valence-corrected chi connectivity index (χ4v) is 3.05. The molecule has 162 valence electrons. The molecule has 32 heavy (non-hydrogen) atoms. The Morgan fingerprint density at radius 3 is 2.66 bits per heavy atom. The summed E-state index contributed by atoms with van der Waals surface area (Å²) in [6.45, 7) is 2.02. The standard InChI is InChI=1S/C25H20ClFN2O3/c1-16-6-8-21(13-22(16)26)29-25(30)19(14-28)10-17-7-9-23(24(12-17)31-2)32-15-18-4-3-5-20(27)11-18/h3-13H,15H2,1-2H3,(H,29,30)/b19-10+. The topological polar surface area (TPSA) is 71.3 Å². The molecule has 0 aliphatic heterocycles. The molecule has 5 nitrogen and oxygen atoms in total. The average molecular weight is 451 g/mol. The number of aryl methyl sites for hydroxylation is 1. The Bertz CT molecular complexity index is 1220. The van der Waals surface area contributed by atoms with Crippen LogP contribution in [0.1, 0.15) is 16.7 Å². The lowest BCUT2D eigenvalue weighted by molar-refractivity contribution is -0.112. The summed E-state index contributed by atoms with van der Waals surface area (Å²) in [4.78, 5) is 12.5. The van der Waals surface area contributed by atoms with E-state index >= 15 is 0 Å². The molecule has 0 fully saturated rings. The minimum Gasteiger partial charge on any atom is -0.493 e. The van der Waals surface area contributed by atoms with Crippen molar-refractivity contribution in [1.29, 1.82) is 5.26 Å². The van der Waals surface area contributed by atoms with Crippen LogP contribution in [-0.4, -0.2) is 13.0 Å². The minimum absolute atomic E-state index is 0.0859. The van der Waals surface area contributed by atoms with E-state index in [9.17, 15) is 14.4 Å². The van der Waals surface area contributed by atoms with Crippen LogP contribution in [-0.2, 0) is 11.4 Å². The fraction of sp³-hybridized carbons (Fsp3) is 0.120. The third kappa shape index (κ3) is 5.87. The van der Waals surface area contributed by atoms with Gasteiger partial charge in [-0.05, 0) is 66.1 Å². The van der Waals surface area contributed by atoms with Gasteiger partial charge in [0.1, 0.15) is 24.1 Å². The number of rotatable bonds is 7. The number of anilines is 1. The molecule has 0 saturated carbocycles. The van der Waals surface area contributed by atoms with Crippen LogP contribution < -0.4 is 14.8 Å². The van der Waals surface area contributed by atoms with Gasteiger partial charge in [0.05, 0.1) is 7.11 Å². The lowest BCUT2D eigenvalue weighted by atomic mass is 10.1. The van der Waals surface area contributed by atoms with Crippen molar-refractivity contribution in [1.82, 2.24) is 0 Å². The first-order valence-corrected chi connectivity index (χ1v) is 10.0. The number of carbonyl (C=O) groups excluding carboxylic acids is 1.